The number of benzene rings is 2. The standard InChI is InChI=1S/C16H12BrCl2N3O2/c17-12-3-1-2-10(6-12)8-21-22-16(24)15(23)20-9-11-4-5-13(18)7-14(11)19/h1-8H,9H2,(H,20,23)(H,22,24). The number of nitrogens with one attached hydrogen (secondary N) is 2. The molecule has 2 aromatic rings. The SMILES string of the molecule is O=C(NCc1ccc(Cl)cc1Cl)C(=O)NN=Cc1cccc(Br)c1. The molecule has 2 amide bonds. The first-order chi connectivity index (χ1) is 11.5. The molecule has 0 spiro atoms. The number of hydrazone groups is 1. The van der Waals surface area contributed by atoms with Gasteiger partial charge in [-0.3, -0.25) is 9.59 Å². The average Bonchev–Trinajstić information content (AvgIpc) is 2.53. The van der Waals surface area contributed by atoms with Gasteiger partial charge in [0.2, 0.25) is 0 Å². The van der Waals surface area contributed by atoms with Crippen molar-refractivity contribution >= 4 is 57.2 Å². The third-order valence-electron chi connectivity index (χ3n) is 2.89. The molecule has 0 bridgehead atoms. The van der Waals surface area contributed by atoms with Crippen molar-refractivity contribution in [3.05, 3.63) is 68.1 Å². The van der Waals surface area contributed by atoms with Crippen LogP contribution in [0.25, 0.3) is 0 Å². The number of hydrogen-bond acceptors (Lipinski definition) is 3. The summed E-state index contributed by atoms with van der Waals surface area (Å²) in [5.74, 6) is -1.68. The van der Waals surface area contributed by atoms with Crippen molar-refractivity contribution in [1.29, 1.82) is 0 Å². The maximum absolute atomic E-state index is 11.7. The molecule has 124 valence electrons. The third-order valence-corrected chi connectivity index (χ3v) is 3.97. The Morgan fingerprint density at radius 3 is 2.62 bits per heavy atom. The first-order valence-corrected chi connectivity index (χ1v) is 8.31. The van der Waals surface area contributed by atoms with Gasteiger partial charge >= 0.3 is 11.8 Å². The van der Waals surface area contributed by atoms with Gasteiger partial charge in [-0.1, -0.05) is 57.3 Å². The van der Waals surface area contributed by atoms with E-state index in [0.29, 0.717) is 15.6 Å². The summed E-state index contributed by atoms with van der Waals surface area (Å²) in [5, 5.41) is 7.10. The van der Waals surface area contributed by atoms with Crippen LogP contribution in [0.2, 0.25) is 10.0 Å². The van der Waals surface area contributed by atoms with Gasteiger partial charge in [-0.05, 0) is 35.4 Å². The van der Waals surface area contributed by atoms with Gasteiger partial charge in [-0.15, -0.1) is 0 Å². The van der Waals surface area contributed by atoms with Crippen LogP contribution in [0.4, 0.5) is 0 Å². The van der Waals surface area contributed by atoms with E-state index < -0.39 is 11.8 Å². The average molecular weight is 429 g/mol. The second kappa shape index (κ2) is 8.82. The van der Waals surface area contributed by atoms with Crippen molar-refractivity contribution in [2.24, 2.45) is 5.10 Å². The highest BCUT2D eigenvalue weighted by Crippen LogP contribution is 2.20. The smallest absolute Gasteiger partial charge is 0.329 e. The van der Waals surface area contributed by atoms with E-state index in [1.165, 1.54) is 6.21 Å². The summed E-state index contributed by atoms with van der Waals surface area (Å²) in [5.41, 5.74) is 3.59. The van der Waals surface area contributed by atoms with Crippen LogP contribution < -0.4 is 10.7 Å². The molecule has 2 rings (SSSR count). The third kappa shape index (κ3) is 5.63. The summed E-state index contributed by atoms with van der Waals surface area (Å²) in [6, 6.07) is 12.2. The summed E-state index contributed by atoms with van der Waals surface area (Å²) in [6.07, 6.45) is 1.44. The number of halogens is 3. The Morgan fingerprint density at radius 1 is 1.12 bits per heavy atom. The molecule has 0 aliphatic heterocycles. The Kier molecular flexibility index (Phi) is 6.78. The Bertz CT molecular complexity index is 797. The second-order valence-electron chi connectivity index (χ2n) is 4.67. The minimum atomic E-state index is -0.869. The molecule has 0 saturated heterocycles. The predicted octanol–water partition coefficient (Wildman–Crippen LogP) is 3.52. The number of carbonyl (C=O) groups is 2. The molecule has 0 saturated carbocycles. The van der Waals surface area contributed by atoms with Crippen molar-refractivity contribution in [1.82, 2.24) is 10.7 Å². The lowest BCUT2D eigenvalue weighted by Gasteiger charge is -2.06. The molecule has 0 aliphatic carbocycles. The van der Waals surface area contributed by atoms with E-state index in [9.17, 15) is 9.59 Å². The van der Waals surface area contributed by atoms with Crippen molar-refractivity contribution in [2.45, 2.75) is 6.54 Å². The van der Waals surface area contributed by atoms with Crippen LogP contribution in [0.5, 0.6) is 0 Å². The Balaban J connectivity index is 1.85. The van der Waals surface area contributed by atoms with Gasteiger partial charge in [0.15, 0.2) is 0 Å². The lowest BCUT2D eigenvalue weighted by atomic mass is 10.2. The minimum Gasteiger partial charge on any atom is -0.344 e. The van der Waals surface area contributed by atoms with Crippen LogP contribution in [0, 0.1) is 0 Å². The fourth-order valence-electron chi connectivity index (χ4n) is 1.72. The van der Waals surface area contributed by atoms with E-state index >= 15 is 0 Å². The van der Waals surface area contributed by atoms with Crippen LogP contribution in [0.1, 0.15) is 11.1 Å². The zero-order valence-electron chi connectivity index (χ0n) is 12.2. The van der Waals surface area contributed by atoms with Gasteiger partial charge in [0.25, 0.3) is 0 Å². The molecule has 0 heterocycles. The maximum atomic E-state index is 11.7. The largest absolute Gasteiger partial charge is 0.344 e. The molecule has 0 unspecified atom stereocenters. The van der Waals surface area contributed by atoms with Crippen molar-refractivity contribution in [3.63, 3.8) is 0 Å². The predicted molar refractivity (Wildman–Crippen MR) is 98.2 cm³/mol. The van der Waals surface area contributed by atoms with Gasteiger partial charge in [0.1, 0.15) is 0 Å². The maximum Gasteiger partial charge on any atom is 0.329 e. The van der Waals surface area contributed by atoms with Gasteiger partial charge in [0.05, 0.1) is 6.21 Å². The van der Waals surface area contributed by atoms with Crippen molar-refractivity contribution < 1.29 is 9.59 Å². The number of nitrogens with zero attached hydrogens (tertiary/aromatic N) is 1. The van der Waals surface area contributed by atoms with Crippen LogP contribution in [0.3, 0.4) is 0 Å². The number of rotatable bonds is 4. The van der Waals surface area contributed by atoms with Gasteiger partial charge in [-0.2, -0.15) is 5.10 Å². The summed E-state index contributed by atoms with van der Waals surface area (Å²) in [6.45, 7) is 0.109. The molecule has 0 radical (unpaired) electrons. The minimum absolute atomic E-state index is 0.109. The van der Waals surface area contributed by atoms with E-state index in [-0.39, 0.29) is 6.54 Å². The Hall–Kier alpha value is -1.89. The quantitative estimate of drug-likeness (QED) is 0.444. The van der Waals surface area contributed by atoms with Gasteiger partial charge in [0, 0.05) is 21.1 Å². The molecular formula is C16H12BrCl2N3O2. The van der Waals surface area contributed by atoms with E-state index in [2.05, 4.69) is 31.8 Å². The van der Waals surface area contributed by atoms with Crippen LogP contribution in [0.15, 0.2) is 52.0 Å². The lowest BCUT2D eigenvalue weighted by molar-refractivity contribution is -0.139. The van der Waals surface area contributed by atoms with Crippen LogP contribution in [-0.4, -0.2) is 18.0 Å². The highest BCUT2D eigenvalue weighted by atomic mass is 79.9. The number of carbonyl (C=O) groups excluding carboxylic acids is 2. The fraction of sp³-hybridized carbons (Fsp3) is 0.0625. The first-order valence-electron chi connectivity index (χ1n) is 6.76. The zero-order chi connectivity index (χ0) is 17.5. The molecular weight excluding hydrogens is 417 g/mol. The summed E-state index contributed by atoms with van der Waals surface area (Å²) >= 11 is 15.1. The lowest BCUT2D eigenvalue weighted by Crippen LogP contribution is -2.37. The van der Waals surface area contributed by atoms with Gasteiger partial charge in [-0.25, -0.2) is 5.43 Å². The number of amides is 2. The van der Waals surface area contributed by atoms with Crippen molar-refractivity contribution in [2.75, 3.05) is 0 Å². The molecule has 2 aromatic carbocycles. The van der Waals surface area contributed by atoms with E-state index in [4.69, 9.17) is 23.2 Å². The molecule has 0 aliphatic rings. The summed E-state index contributed by atoms with van der Waals surface area (Å²) < 4.78 is 0.885. The summed E-state index contributed by atoms with van der Waals surface area (Å²) in [7, 11) is 0. The van der Waals surface area contributed by atoms with E-state index in [1.54, 1.807) is 18.2 Å². The topological polar surface area (TPSA) is 70.6 Å². The van der Waals surface area contributed by atoms with Crippen LogP contribution in [-0.2, 0) is 16.1 Å². The normalized spacial score (nSPS) is 10.6. The molecule has 2 N–H and O–H groups in total. The van der Waals surface area contributed by atoms with Gasteiger partial charge < -0.3 is 5.32 Å². The van der Waals surface area contributed by atoms with Crippen molar-refractivity contribution in [3.8, 4) is 0 Å². The highest BCUT2D eigenvalue weighted by Gasteiger charge is 2.12. The first kappa shape index (κ1) is 18.4. The second-order valence-corrected chi connectivity index (χ2v) is 6.43. The van der Waals surface area contributed by atoms with E-state index in [1.807, 2.05) is 24.3 Å². The number of hydrogen-bond donors (Lipinski definition) is 2. The highest BCUT2D eigenvalue weighted by molar-refractivity contribution is 9.10. The molecule has 8 heteroatoms. The zero-order valence-corrected chi connectivity index (χ0v) is 15.3. The van der Waals surface area contributed by atoms with Crippen LogP contribution >= 0.6 is 39.1 Å². The Morgan fingerprint density at radius 2 is 1.92 bits per heavy atom. The molecule has 24 heavy (non-hydrogen) atoms. The molecule has 5 nitrogen and oxygen atoms in total. The summed E-state index contributed by atoms with van der Waals surface area (Å²) in [4.78, 5) is 23.4. The molecule has 0 aromatic heterocycles. The fourth-order valence-corrected chi connectivity index (χ4v) is 2.62. The monoisotopic (exact) mass is 427 g/mol. The molecule has 0 fully saturated rings. The van der Waals surface area contributed by atoms with E-state index in [0.717, 1.165) is 10.0 Å². The molecule has 0 atom stereocenters. The Labute approximate surface area is 157 Å².